The lowest BCUT2D eigenvalue weighted by molar-refractivity contribution is 0.415. The van der Waals surface area contributed by atoms with Crippen LogP contribution < -0.4 is 4.74 Å². The van der Waals surface area contributed by atoms with Gasteiger partial charge in [-0.15, -0.1) is 0 Å². The predicted octanol–water partition coefficient (Wildman–Crippen LogP) is 4.01. The van der Waals surface area contributed by atoms with Gasteiger partial charge in [0, 0.05) is 0 Å². The van der Waals surface area contributed by atoms with Crippen molar-refractivity contribution in [2.45, 2.75) is 6.92 Å². The summed E-state index contributed by atoms with van der Waals surface area (Å²) in [5.74, 6) is 0.884. The first-order valence-electron chi connectivity index (χ1n) is 4.37. The molecule has 0 fully saturated rings. The van der Waals surface area contributed by atoms with Crippen molar-refractivity contribution in [3.63, 3.8) is 0 Å². The Morgan fingerprint density at radius 3 is 2.43 bits per heavy atom. The van der Waals surface area contributed by atoms with Crippen LogP contribution in [0.5, 0.6) is 5.75 Å². The van der Waals surface area contributed by atoms with Crippen molar-refractivity contribution in [2.24, 2.45) is 0 Å². The van der Waals surface area contributed by atoms with Crippen LogP contribution >= 0.6 is 15.9 Å². The van der Waals surface area contributed by atoms with Crippen molar-refractivity contribution in [2.75, 3.05) is 7.11 Å². The molecule has 0 amide bonds. The molecule has 0 aromatic heterocycles. The number of halogens is 1. The Balaban J connectivity index is 2.69. The Bertz CT molecular complexity index is 332. The van der Waals surface area contributed by atoms with Crippen molar-refractivity contribution in [3.05, 3.63) is 46.5 Å². The number of rotatable bonds is 3. The van der Waals surface area contributed by atoms with E-state index in [0.29, 0.717) is 0 Å². The second-order valence-corrected chi connectivity index (χ2v) is 4.14. The molecule has 1 rings (SSSR count). The Hall–Kier alpha value is -1.02. The molecule has 0 radical (unpaired) electrons. The molecule has 0 N–H and O–H groups in total. The smallest absolute Gasteiger partial charge is 0.118 e. The van der Waals surface area contributed by atoms with Crippen LogP contribution in [0.4, 0.5) is 0 Å². The summed E-state index contributed by atoms with van der Waals surface area (Å²) in [5.41, 5.74) is 1.16. The number of benzene rings is 1. The van der Waals surface area contributed by atoms with Crippen LogP contribution in [0.1, 0.15) is 12.5 Å². The van der Waals surface area contributed by atoms with Crippen LogP contribution in [-0.4, -0.2) is 7.11 Å². The Kier molecular flexibility index (Phi) is 4.47. The van der Waals surface area contributed by atoms with Crippen LogP contribution in [-0.2, 0) is 0 Å². The minimum Gasteiger partial charge on any atom is -0.497 e. The first kappa shape index (κ1) is 11.1. The second kappa shape index (κ2) is 5.66. The number of ether oxygens (including phenoxy) is 1. The first-order valence-corrected chi connectivity index (χ1v) is 5.16. The average molecular weight is 253 g/mol. The molecule has 0 bridgehead atoms. The van der Waals surface area contributed by atoms with Gasteiger partial charge in [0.25, 0.3) is 0 Å². The van der Waals surface area contributed by atoms with Crippen molar-refractivity contribution in [3.8, 4) is 5.75 Å². The van der Waals surface area contributed by atoms with Gasteiger partial charge in [0.15, 0.2) is 0 Å². The number of allylic oxidation sites excluding steroid dienone is 3. The molecule has 0 spiro atoms. The van der Waals surface area contributed by atoms with Gasteiger partial charge in [-0.25, -0.2) is 0 Å². The molecule has 0 aliphatic rings. The zero-order valence-corrected chi connectivity index (χ0v) is 9.91. The average Bonchev–Trinajstić information content (AvgIpc) is 2.18. The van der Waals surface area contributed by atoms with Crippen LogP contribution in [0.15, 0.2) is 40.9 Å². The summed E-state index contributed by atoms with van der Waals surface area (Å²) in [4.78, 5) is 0. The summed E-state index contributed by atoms with van der Waals surface area (Å²) in [5, 5.41) is 0. The second-order valence-electron chi connectivity index (χ2n) is 2.89. The van der Waals surface area contributed by atoms with Gasteiger partial charge in [-0.3, -0.25) is 0 Å². The van der Waals surface area contributed by atoms with Crippen molar-refractivity contribution in [1.29, 1.82) is 0 Å². The maximum atomic E-state index is 5.07. The van der Waals surface area contributed by atoms with Crippen LogP contribution in [0.3, 0.4) is 0 Å². The molecule has 2 heteroatoms. The highest BCUT2D eigenvalue weighted by molar-refractivity contribution is 9.11. The van der Waals surface area contributed by atoms with E-state index in [1.165, 1.54) is 0 Å². The highest BCUT2D eigenvalue weighted by Crippen LogP contribution is 2.12. The molecule has 0 saturated carbocycles. The van der Waals surface area contributed by atoms with E-state index in [9.17, 15) is 0 Å². The molecular weight excluding hydrogens is 240 g/mol. The topological polar surface area (TPSA) is 9.23 Å². The van der Waals surface area contributed by atoms with Gasteiger partial charge in [0.05, 0.1) is 7.11 Å². The number of hydrogen-bond donors (Lipinski definition) is 0. The standard InChI is InChI=1S/C12H13BrO/c1-10(13)4-3-5-11-6-8-12(14-2)9-7-11/h3-9H,1-2H3/b5-3+,10-4-. The fourth-order valence-corrected chi connectivity index (χ4v) is 1.16. The fourth-order valence-electron chi connectivity index (χ4n) is 1.01. The van der Waals surface area contributed by atoms with Crippen molar-refractivity contribution < 1.29 is 4.74 Å². The van der Waals surface area contributed by atoms with E-state index >= 15 is 0 Å². The van der Waals surface area contributed by atoms with Gasteiger partial charge >= 0.3 is 0 Å². The molecule has 0 atom stereocenters. The zero-order chi connectivity index (χ0) is 10.4. The molecule has 1 nitrogen and oxygen atoms in total. The molecule has 1 aromatic rings. The van der Waals surface area contributed by atoms with E-state index in [1.807, 2.05) is 49.4 Å². The predicted molar refractivity (Wildman–Crippen MR) is 64.7 cm³/mol. The summed E-state index contributed by atoms with van der Waals surface area (Å²) in [6.07, 6.45) is 6.06. The van der Waals surface area contributed by atoms with E-state index in [2.05, 4.69) is 15.9 Å². The summed E-state index contributed by atoms with van der Waals surface area (Å²) in [6, 6.07) is 7.94. The Morgan fingerprint density at radius 2 is 1.93 bits per heavy atom. The lowest BCUT2D eigenvalue weighted by Crippen LogP contribution is -1.81. The van der Waals surface area contributed by atoms with Gasteiger partial charge in [-0.1, -0.05) is 46.3 Å². The van der Waals surface area contributed by atoms with Gasteiger partial charge in [-0.05, 0) is 29.1 Å². The quantitative estimate of drug-likeness (QED) is 0.739. The Morgan fingerprint density at radius 1 is 1.29 bits per heavy atom. The summed E-state index contributed by atoms with van der Waals surface area (Å²) in [6.45, 7) is 2.00. The maximum Gasteiger partial charge on any atom is 0.118 e. The fraction of sp³-hybridized carbons (Fsp3) is 0.167. The molecule has 0 heterocycles. The molecule has 74 valence electrons. The number of hydrogen-bond acceptors (Lipinski definition) is 1. The van der Waals surface area contributed by atoms with Crippen molar-refractivity contribution in [1.82, 2.24) is 0 Å². The molecule has 14 heavy (non-hydrogen) atoms. The maximum absolute atomic E-state index is 5.07. The molecule has 0 unspecified atom stereocenters. The van der Waals surface area contributed by atoms with Gasteiger partial charge < -0.3 is 4.74 Å². The van der Waals surface area contributed by atoms with Crippen LogP contribution in [0, 0.1) is 0 Å². The minimum atomic E-state index is 0.884. The number of methoxy groups -OCH3 is 1. The molecule has 0 saturated heterocycles. The van der Waals surface area contributed by atoms with Crippen molar-refractivity contribution >= 4 is 22.0 Å². The van der Waals surface area contributed by atoms with E-state index in [0.717, 1.165) is 15.8 Å². The third kappa shape index (κ3) is 3.79. The highest BCUT2D eigenvalue weighted by Gasteiger charge is 1.88. The monoisotopic (exact) mass is 252 g/mol. The summed E-state index contributed by atoms with van der Waals surface area (Å²) in [7, 11) is 1.67. The summed E-state index contributed by atoms with van der Waals surface area (Å²) < 4.78 is 6.18. The van der Waals surface area contributed by atoms with E-state index in [1.54, 1.807) is 7.11 Å². The first-order chi connectivity index (χ1) is 6.72. The Labute approximate surface area is 93.2 Å². The third-order valence-corrected chi connectivity index (χ3v) is 1.99. The normalized spacial score (nSPS) is 12.1. The van der Waals surface area contributed by atoms with Gasteiger partial charge in [0.2, 0.25) is 0 Å². The molecule has 1 aromatic carbocycles. The van der Waals surface area contributed by atoms with E-state index < -0.39 is 0 Å². The van der Waals surface area contributed by atoms with E-state index in [-0.39, 0.29) is 0 Å². The van der Waals surface area contributed by atoms with Crippen LogP contribution in [0.25, 0.3) is 6.08 Å². The third-order valence-electron chi connectivity index (χ3n) is 1.73. The lowest BCUT2D eigenvalue weighted by Gasteiger charge is -1.98. The van der Waals surface area contributed by atoms with Crippen LogP contribution in [0.2, 0.25) is 0 Å². The molecule has 0 aliphatic carbocycles. The summed E-state index contributed by atoms with van der Waals surface area (Å²) >= 11 is 3.36. The highest BCUT2D eigenvalue weighted by atomic mass is 79.9. The zero-order valence-electron chi connectivity index (χ0n) is 8.33. The lowest BCUT2D eigenvalue weighted by atomic mass is 10.2. The molecular formula is C12H13BrO. The SMILES string of the molecule is COc1ccc(/C=C/C=C(/C)Br)cc1. The molecule has 0 aliphatic heterocycles. The van der Waals surface area contributed by atoms with Gasteiger partial charge in [-0.2, -0.15) is 0 Å². The minimum absolute atomic E-state index is 0.884. The largest absolute Gasteiger partial charge is 0.497 e. The van der Waals surface area contributed by atoms with E-state index in [4.69, 9.17) is 4.74 Å². The van der Waals surface area contributed by atoms with Gasteiger partial charge in [0.1, 0.15) is 5.75 Å².